The average molecular weight is 312 g/mol. The van der Waals surface area contributed by atoms with Gasteiger partial charge in [0.25, 0.3) is 0 Å². The first-order chi connectivity index (χ1) is 9.75. The van der Waals surface area contributed by atoms with Gasteiger partial charge in [-0.15, -0.1) is 0 Å². The van der Waals surface area contributed by atoms with Crippen molar-refractivity contribution in [3.63, 3.8) is 0 Å². The number of hydrogen-bond acceptors (Lipinski definition) is 3. The molecule has 1 N–H and O–H groups in total. The molecule has 0 amide bonds. The van der Waals surface area contributed by atoms with Gasteiger partial charge >= 0.3 is 0 Å². The van der Waals surface area contributed by atoms with E-state index in [1.54, 1.807) is 0 Å². The predicted molar refractivity (Wildman–Crippen MR) is 87.1 cm³/mol. The first kappa shape index (κ1) is 16.6. The zero-order valence-corrected chi connectivity index (χ0v) is 14.4. The molecule has 1 aromatic carbocycles. The zero-order chi connectivity index (χ0) is 15.7. The predicted octanol–water partition coefficient (Wildman–Crippen LogP) is 4.17. The van der Waals surface area contributed by atoms with Gasteiger partial charge < -0.3 is 14.8 Å². The highest BCUT2D eigenvalue weighted by atomic mass is 35.5. The van der Waals surface area contributed by atoms with E-state index in [0.29, 0.717) is 5.02 Å². The van der Waals surface area contributed by atoms with Crippen LogP contribution in [-0.2, 0) is 11.3 Å². The fraction of sp³-hybridized carbons (Fsp3) is 0.647. The van der Waals surface area contributed by atoms with Crippen molar-refractivity contribution in [3.8, 4) is 5.75 Å². The first-order valence-corrected chi connectivity index (χ1v) is 7.98. The Bertz CT molecular complexity index is 500. The molecular weight excluding hydrogens is 286 g/mol. The zero-order valence-electron chi connectivity index (χ0n) is 13.6. The van der Waals surface area contributed by atoms with Crippen molar-refractivity contribution >= 4 is 11.6 Å². The molecule has 4 heteroatoms. The number of benzene rings is 1. The highest BCUT2D eigenvalue weighted by Crippen LogP contribution is 2.41. The lowest BCUT2D eigenvalue weighted by Crippen LogP contribution is -2.37. The Morgan fingerprint density at radius 1 is 1.33 bits per heavy atom. The molecule has 0 bridgehead atoms. The van der Waals surface area contributed by atoms with E-state index in [2.05, 4.69) is 46.0 Å². The molecule has 1 aliphatic rings. The van der Waals surface area contributed by atoms with Gasteiger partial charge in [-0.05, 0) is 40.3 Å². The van der Waals surface area contributed by atoms with Crippen molar-refractivity contribution in [3.05, 3.63) is 28.8 Å². The smallest absolute Gasteiger partial charge is 0.142 e. The highest BCUT2D eigenvalue weighted by molar-refractivity contribution is 6.32. The van der Waals surface area contributed by atoms with E-state index in [1.807, 2.05) is 12.1 Å². The van der Waals surface area contributed by atoms with Crippen LogP contribution in [0.2, 0.25) is 5.02 Å². The second kappa shape index (κ2) is 6.15. The van der Waals surface area contributed by atoms with Gasteiger partial charge in [0.1, 0.15) is 17.5 Å². The molecular formula is C17H26ClNO2. The Hall–Kier alpha value is -0.770. The van der Waals surface area contributed by atoms with Crippen molar-refractivity contribution in [2.75, 3.05) is 6.54 Å². The summed E-state index contributed by atoms with van der Waals surface area (Å²) in [5.41, 5.74) is 0.597. The van der Waals surface area contributed by atoms with Crippen LogP contribution in [0.1, 0.15) is 46.6 Å². The fourth-order valence-electron chi connectivity index (χ4n) is 2.92. The summed E-state index contributed by atoms with van der Waals surface area (Å²) in [6.45, 7) is 12.1. The van der Waals surface area contributed by atoms with Gasteiger partial charge in [0.2, 0.25) is 0 Å². The summed E-state index contributed by atoms with van der Waals surface area (Å²) in [7, 11) is 0. The normalized spacial score (nSPS) is 23.2. The van der Waals surface area contributed by atoms with Crippen LogP contribution in [0, 0.1) is 0 Å². The lowest BCUT2D eigenvalue weighted by Gasteiger charge is -2.28. The van der Waals surface area contributed by atoms with Gasteiger partial charge in [-0.2, -0.15) is 0 Å². The van der Waals surface area contributed by atoms with E-state index < -0.39 is 0 Å². The van der Waals surface area contributed by atoms with Crippen LogP contribution in [0.15, 0.2) is 18.2 Å². The van der Waals surface area contributed by atoms with Crippen molar-refractivity contribution in [1.82, 2.24) is 5.32 Å². The molecule has 1 atom stereocenters. The van der Waals surface area contributed by atoms with Crippen LogP contribution in [0.3, 0.4) is 0 Å². The van der Waals surface area contributed by atoms with Crippen LogP contribution in [-0.4, -0.2) is 23.9 Å². The largest absolute Gasteiger partial charge is 0.485 e. The van der Waals surface area contributed by atoms with Crippen molar-refractivity contribution in [2.24, 2.45) is 0 Å². The molecule has 1 saturated heterocycles. The van der Waals surface area contributed by atoms with E-state index in [-0.39, 0.29) is 17.3 Å². The minimum Gasteiger partial charge on any atom is -0.485 e. The van der Waals surface area contributed by atoms with Gasteiger partial charge in [-0.3, -0.25) is 0 Å². The molecule has 0 spiro atoms. The van der Waals surface area contributed by atoms with Gasteiger partial charge in [0.15, 0.2) is 0 Å². The summed E-state index contributed by atoms with van der Waals surface area (Å²) in [5, 5.41) is 3.98. The van der Waals surface area contributed by atoms with Crippen LogP contribution in [0.4, 0.5) is 0 Å². The van der Waals surface area contributed by atoms with E-state index in [9.17, 15) is 0 Å². The van der Waals surface area contributed by atoms with Crippen LogP contribution in [0.25, 0.3) is 0 Å². The Labute approximate surface area is 133 Å². The Kier molecular flexibility index (Phi) is 4.86. The molecule has 0 saturated carbocycles. The molecule has 0 aromatic heterocycles. The monoisotopic (exact) mass is 311 g/mol. The Balaban J connectivity index is 2.23. The van der Waals surface area contributed by atoms with Gasteiger partial charge in [-0.1, -0.05) is 30.7 Å². The highest BCUT2D eigenvalue weighted by Gasteiger charge is 2.47. The van der Waals surface area contributed by atoms with Crippen LogP contribution < -0.4 is 10.1 Å². The number of halogens is 1. The summed E-state index contributed by atoms with van der Waals surface area (Å²) in [5.74, 6) is 0.777. The van der Waals surface area contributed by atoms with Crippen LogP contribution in [0.5, 0.6) is 5.75 Å². The standard InChI is InChI=1S/C17H26ClNO2/c1-6-19-11-12-8-7-9-13(18)15(12)20-14-10-16(2,3)21-17(14,4)5/h7-9,14,19H,6,10-11H2,1-5H3. The molecule has 0 radical (unpaired) electrons. The molecule has 3 nitrogen and oxygen atoms in total. The number of ether oxygens (including phenoxy) is 2. The quantitative estimate of drug-likeness (QED) is 0.885. The Morgan fingerprint density at radius 2 is 2.05 bits per heavy atom. The minimum absolute atomic E-state index is 0.00669. The maximum atomic E-state index is 6.36. The summed E-state index contributed by atoms with van der Waals surface area (Å²) < 4.78 is 12.4. The molecule has 1 aliphatic heterocycles. The fourth-order valence-corrected chi connectivity index (χ4v) is 3.16. The third-order valence-electron chi connectivity index (χ3n) is 3.87. The van der Waals surface area contributed by atoms with E-state index >= 15 is 0 Å². The minimum atomic E-state index is -0.321. The average Bonchev–Trinajstić information content (AvgIpc) is 2.57. The van der Waals surface area contributed by atoms with Gasteiger partial charge in [0.05, 0.1) is 10.6 Å². The number of hydrogen-bond donors (Lipinski definition) is 1. The molecule has 1 heterocycles. The third-order valence-corrected chi connectivity index (χ3v) is 4.16. The second-order valence-electron chi connectivity index (χ2n) is 6.78. The van der Waals surface area contributed by atoms with Crippen molar-refractivity contribution < 1.29 is 9.47 Å². The Morgan fingerprint density at radius 3 is 2.62 bits per heavy atom. The van der Waals surface area contributed by atoms with Gasteiger partial charge in [0, 0.05) is 18.5 Å². The lowest BCUT2D eigenvalue weighted by molar-refractivity contribution is -0.0846. The maximum absolute atomic E-state index is 6.36. The molecule has 118 valence electrons. The molecule has 1 fully saturated rings. The molecule has 2 rings (SSSR count). The summed E-state index contributed by atoms with van der Waals surface area (Å²) in [6.07, 6.45) is 0.846. The van der Waals surface area contributed by atoms with E-state index in [1.165, 1.54) is 0 Å². The second-order valence-corrected chi connectivity index (χ2v) is 7.19. The number of rotatable bonds is 5. The van der Waals surface area contributed by atoms with Gasteiger partial charge in [-0.25, -0.2) is 0 Å². The molecule has 1 unspecified atom stereocenters. The molecule has 0 aliphatic carbocycles. The van der Waals surface area contributed by atoms with E-state index in [4.69, 9.17) is 21.1 Å². The van der Waals surface area contributed by atoms with Crippen LogP contribution >= 0.6 is 11.6 Å². The van der Waals surface area contributed by atoms with Crippen molar-refractivity contribution in [2.45, 2.75) is 64.9 Å². The third kappa shape index (κ3) is 3.91. The van der Waals surface area contributed by atoms with Crippen molar-refractivity contribution in [1.29, 1.82) is 0 Å². The summed E-state index contributed by atoms with van der Waals surface area (Å²) in [6, 6.07) is 5.89. The summed E-state index contributed by atoms with van der Waals surface area (Å²) in [4.78, 5) is 0. The molecule has 1 aromatic rings. The molecule has 21 heavy (non-hydrogen) atoms. The number of para-hydroxylation sites is 1. The maximum Gasteiger partial charge on any atom is 0.142 e. The lowest BCUT2D eigenvalue weighted by atomic mass is 9.97. The first-order valence-electron chi connectivity index (χ1n) is 7.60. The number of nitrogens with one attached hydrogen (secondary N) is 1. The summed E-state index contributed by atoms with van der Waals surface area (Å²) >= 11 is 6.36. The van der Waals surface area contributed by atoms with E-state index in [0.717, 1.165) is 30.8 Å². The topological polar surface area (TPSA) is 30.5 Å². The SMILES string of the molecule is CCNCc1cccc(Cl)c1OC1CC(C)(C)OC1(C)C.